The number of hydrogen-bond acceptors (Lipinski definition) is 6. The molecule has 3 rings (SSSR count). The van der Waals surface area contributed by atoms with Crippen LogP contribution in [0.25, 0.3) is 0 Å². The van der Waals surface area contributed by atoms with E-state index in [1.807, 2.05) is 45.0 Å². The van der Waals surface area contributed by atoms with Crippen LogP contribution in [0.5, 0.6) is 11.5 Å². The molecule has 38 heavy (non-hydrogen) atoms. The van der Waals surface area contributed by atoms with Crippen LogP contribution in [0.4, 0.5) is 5.69 Å². The molecule has 9 nitrogen and oxygen atoms in total. The van der Waals surface area contributed by atoms with Crippen molar-refractivity contribution in [3.05, 3.63) is 53.6 Å². The summed E-state index contributed by atoms with van der Waals surface area (Å²) in [6.07, 6.45) is 2.80. The number of nitrogens with zero attached hydrogens (tertiary/aromatic N) is 2. The summed E-state index contributed by atoms with van der Waals surface area (Å²) in [5, 5.41) is 2.91. The Bertz CT molecular complexity index is 1200. The van der Waals surface area contributed by atoms with Gasteiger partial charge in [0.25, 0.3) is 0 Å². The van der Waals surface area contributed by atoms with Gasteiger partial charge in [-0.05, 0) is 43.9 Å². The van der Waals surface area contributed by atoms with Crippen LogP contribution in [0.3, 0.4) is 0 Å². The highest BCUT2D eigenvalue weighted by Crippen LogP contribution is 2.34. The second-order valence-corrected chi connectivity index (χ2v) is 11.4. The number of aryl methyl sites for hydroxylation is 1. The summed E-state index contributed by atoms with van der Waals surface area (Å²) < 4.78 is 37.7. The molecule has 0 spiro atoms. The van der Waals surface area contributed by atoms with Crippen LogP contribution < -0.4 is 19.1 Å². The average molecular weight is 546 g/mol. The molecule has 2 aromatic rings. The van der Waals surface area contributed by atoms with Crippen molar-refractivity contribution in [1.82, 2.24) is 10.2 Å². The lowest BCUT2D eigenvalue weighted by Crippen LogP contribution is -2.49. The molecule has 1 aliphatic heterocycles. The Morgan fingerprint density at radius 1 is 1.03 bits per heavy atom. The van der Waals surface area contributed by atoms with Crippen molar-refractivity contribution >= 4 is 27.5 Å². The first-order chi connectivity index (χ1) is 18.1. The van der Waals surface area contributed by atoms with E-state index in [0.717, 1.165) is 23.8 Å². The zero-order valence-corrected chi connectivity index (χ0v) is 23.6. The first-order valence-corrected chi connectivity index (χ1v) is 15.0. The van der Waals surface area contributed by atoms with Crippen molar-refractivity contribution in [2.45, 2.75) is 59.0 Å². The fraction of sp³-hybridized carbons (Fsp3) is 0.500. The van der Waals surface area contributed by atoms with Gasteiger partial charge in [0, 0.05) is 32.1 Å². The molecule has 1 N–H and O–H groups in total. The Kier molecular flexibility index (Phi) is 10.4. The third-order valence-corrected chi connectivity index (χ3v) is 7.57. The van der Waals surface area contributed by atoms with E-state index in [-0.39, 0.29) is 31.2 Å². The molecule has 10 heteroatoms. The number of ether oxygens (including phenoxy) is 2. The smallest absolute Gasteiger partial charge is 0.242 e. The lowest BCUT2D eigenvalue weighted by Gasteiger charge is -2.31. The Morgan fingerprint density at radius 2 is 1.71 bits per heavy atom. The van der Waals surface area contributed by atoms with E-state index in [9.17, 15) is 18.0 Å². The fourth-order valence-corrected chi connectivity index (χ4v) is 5.32. The van der Waals surface area contributed by atoms with Gasteiger partial charge in [0.2, 0.25) is 21.8 Å². The van der Waals surface area contributed by atoms with Crippen LogP contribution in [0.2, 0.25) is 0 Å². The highest BCUT2D eigenvalue weighted by Gasteiger charge is 2.29. The lowest BCUT2D eigenvalue weighted by atomic mass is 10.1. The van der Waals surface area contributed by atoms with Gasteiger partial charge < -0.3 is 19.7 Å². The van der Waals surface area contributed by atoms with Crippen molar-refractivity contribution in [3.8, 4) is 11.5 Å². The van der Waals surface area contributed by atoms with E-state index < -0.39 is 16.1 Å². The summed E-state index contributed by atoms with van der Waals surface area (Å²) >= 11 is 0. The number of amides is 2. The number of sulfonamides is 1. The summed E-state index contributed by atoms with van der Waals surface area (Å²) in [7, 11) is -3.61. The standard InChI is InChI=1S/C28H39N3O6S/c1-5-15-29-28(33)24(6-2)30(20-22-11-9-21(3)10-12-22)27(32)8-7-16-31(38(4,34)35)23-13-14-25-26(19-23)37-18-17-36-25/h9-14,19,24H,5-8,15-18,20H2,1-4H3,(H,29,33). The van der Waals surface area contributed by atoms with E-state index in [1.165, 1.54) is 4.31 Å². The maximum Gasteiger partial charge on any atom is 0.242 e. The second-order valence-electron chi connectivity index (χ2n) is 9.49. The topological polar surface area (TPSA) is 105 Å². The maximum atomic E-state index is 13.5. The molecule has 208 valence electrons. The SMILES string of the molecule is CCCNC(=O)C(CC)N(Cc1ccc(C)cc1)C(=O)CCCN(c1ccc2c(c1)OCCO2)S(C)(=O)=O. The molecular formula is C28H39N3O6S. The van der Waals surface area contributed by atoms with Crippen molar-refractivity contribution in [2.24, 2.45) is 0 Å². The van der Waals surface area contributed by atoms with E-state index in [1.54, 1.807) is 23.1 Å². The minimum Gasteiger partial charge on any atom is -0.486 e. The number of rotatable bonds is 13. The van der Waals surface area contributed by atoms with Crippen LogP contribution >= 0.6 is 0 Å². The molecule has 0 aliphatic carbocycles. The van der Waals surface area contributed by atoms with Crippen molar-refractivity contribution < 1.29 is 27.5 Å². The number of nitrogens with one attached hydrogen (secondary N) is 1. The van der Waals surface area contributed by atoms with E-state index in [2.05, 4.69) is 5.32 Å². The van der Waals surface area contributed by atoms with E-state index in [4.69, 9.17) is 9.47 Å². The fourth-order valence-electron chi connectivity index (χ4n) is 4.37. The minimum absolute atomic E-state index is 0.0972. The quantitative estimate of drug-likeness (QED) is 0.412. The Balaban J connectivity index is 1.75. The lowest BCUT2D eigenvalue weighted by molar-refractivity contribution is -0.141. The van der Waals surface area contributed by atoms with Crippen LogP contribution in [0.15, 0.2) is 42.5 Å². The van der Waals surface area contributed by atoms with Gasteiger partial charge in [-0.1, -0.05) is 43.7 Å². The predicted molar refractivity (Wildman–Crippen MR) is 148 cm³/mol. The minimum atomic E-state index is -3.61. The summed E-state index contributed by atoms with van der Waals surface area (Å²) in [4.78, 5) is 28.0. The molecule has 0 saturated carbocycles. The summed E-state index contributed by atoms with van der Waals surface area (Å²) in [5.41, 5.74) is 2.49. The van der Waals surface area contributed by atoms with Crippen LogP contribution in [-0.4, -0.2) is 63.7 Å². The Morgan fingerprint density at radius 3 is 2.34 bits per heavy atom. The maximum absolute atomic E-state index is 13.5. The van der Waals surface area contributed by atoms with Crippen LogP contribution in [0, 0.1) is 6.92 Å². The van der Waals surface area contributed by atoms with Gasteiger partial charge >= 0.3 is 0 Å². The summed E-state index contributed by atoms with van der Waals surface area (Å²) in [5.74, 6) is 0.692. The summed E-state index contributed by atoms with van der Waals surface area (Å²) in [6, 6.07) is 12.3. The molecule has 0 radical (unpaired) electrons. The molecule has 1 heterocycles. The molecule has 1 aliphatic rings. The Hall–Kier alpha value is -3.27. The number of carbonyl (C=O) groups is 2. The number of hydrogen-bond donors (Lipinski definition) is 1. The molecule has 0 bridgehead atoms. The Labute approximate surface area is 226 Å². The number of anilines is 1. The zero-order chi connectivity index (χ0) is 27.7. The van der Waals surface area contributed by atoms with Crippen molar-refractivity contribution in [1.29, 1.82) is 0 Å². The van der Waals surface area contributed by atoms with Gasteiger partial charge in [-0.25, -0.2) is 8.42 Å². The average Bonchev–Trinajstić information content (AvgIpc) is 2.89. The van der Waals surface area contributed by atoms with Crippen LogP contribution in [-0.2, 0) is 26.2 Å². The zero-order valence-electron chi connectivity index (χ0n) is 22.7. The number of fused-ring (bicyclic) bond motifs is 1. The third-order valence-electron chi connectivity index (χ3n) is 6.37. The molecular weight excluding hydrogens is 506 g/mol. The van der Waals surface area contributed by atoms with Gasteiger partial charge in [-0.15, -0.1) is 0 Å². The highest BCUT2D eigenvalue weighted by molar-refractivity contribution is 7.92. The number of carbonyl (C=O) groups excluding carboxylic acids is 2. The van der Waals surface area contributed by atoms with Gasteiger partial charge in [-0.2, -0.15) is 0 Å². The molecule has 0 fully saturated rings. The predicted octanol–water partition coefficient (Wildman–Crippen LogP) is 3.65. The molecule has 1 unspecified atom stereocenters. The van der Waals surface area contributed by atoms with Crippen molar-refractivity contribution in [2.75, 3.05) is 36.9 Å². The van der Waals surface area contributed by atoms with Crippen molar-refractivity contribution in [3.63, 3.8) is 0 Å². The monoisotopic (exact) mass is 545 g/mol. The molecule has 2 aromatic carbocycles. The number of benzene rings is 2. The highest BCUT2D eigenvalue weighted by atomic mass is 32.2. The van der Waals surface area contributed by atoms with Gasteiger partial charge in [0.15, 0.2) is 11.5 Å². The summed E-state index contributed by atoms with van der Waals surface area (Å²) in [6.45, 7) is 7.65. The van der Waals surface area contributed by atoms with Gasteiger partial charge in [0.1, 0.15) is 19.3 Å². The third kappa shape index (κ3) is 7.86. The van der Waals surface area contributed by atoms with Gasteiger partial charge in [0.05, 0.1) is 11.9 Å². The molecule has 2 amide bonds. The molecule has 0 aromatic heterocycles. The van der Waals surface area contributed by atoms with Gasteiger partial charge in [-0.3, -0.25) is 13.9 Å². The normalized spacial score (nSPS) is 13.5. The first kappa shape index (κ1) is 29.3. The molecule has 0 saturated heterocycles. The largest absolute Gasteiger partial charge is 0.486 e. The van der Waals surface area contributed by atoms with E-state index >= 15 is 0 Å². The second kappa shape index (κ2) is 13.5. The van der Waals surface area contributed by atoms with Crippen LogP contribution in [0.1, 0.15) is 50.7 Å². The van der Waals surface area contributed by atoms with E-state index in [0.29, 0.717) is 49.9 Å². The molecule has 1 atom stereocenters. The first-order valence-electron chi connectivity index (χ1n) is 13.1.